The van der Waals surface area contributed by atoms with Gasteiger partial charge in [0.05, 0.1) is 0 Å². The van der Waals surface area contributed by atoms with Gasteiger partial charge in [0.2, 0.25) is 0 Å². The van der Waals surface area contributed by atoms with Crippen molar-refractivity contribution >= 4 is 0 Å². The van der Waals surface area contributed by atoms with Crippen LogP contribution in [0, 0.1) is 11.3 Å². The fourth-order valence-electron chi connectivity index (χ4n) is 3.58. The van der Waals surface area contributed by atoms with Gasteiger partial charge in [-0.15, -0.1) is 0 Å². The Kier molecular flexibility index (Phi) is 4.14. The molecule has 0 radical (unpaired) electrons. The van der Waals surface area contributed by atoms with Gasteiger partial charge in [-0.05, 0) is 56.9 Å². The topological polar surface area (TPSA) is 29.3 Å². The van der Waals surface area contributed by atoms with Crippen molar-refractivity contribution in [2.24, 2.45) is 17.1 Å². The zero-order valence-electron chi connectivity index (χ0n) is 11.9. The third-order valence-electron chi connectivity index (χ3n) is 5.06. The minimum atomic E-state index is 0.377. The summed E-state index contributed by atoms with van der Waals surface area (Å²) >= 11 is 0. The second-order valence-corrected chi connectivity index (χ2v) is 7.15. The van der Waals surface area contributed by atoms with Gasteiger partial charge in [-0.1, -0.05) is 20.3 Å². The maximum atomic E-state index is 6.04. The van der Waals surface area contributed by atoms with Crippen LogP contribution in [0.4, 0.5) is 0 Å². The molecule has 2 aliphatic rings. The number of nitrogens with zero attached hydrogens (tertiary/aromatic N) is 1. The van der Waals surface area contributed by atoms with Gasteiger partial charge in [0.15, 0.2) is 0 Å². The van der Waals surface area contributed by atoms with Gasteiger partial charge in [0.25, 0.3) is 0 Å². The molecule has 1 saturated carbocycles. The lowest BCUT2D eigenvalue weighted by Crippen LogP contribution is -2.35. The lowest BCUT2D eigenvalue weighted by molar-refractivity contribution is 0.204. The van der Waals surface area contributed by atoms with E-state index in [2.05, 4.69) is 25.7 Å². The molecule has 2 heteroatoms. The molecule has 0 bridgehead atoms. The maximum Gasteiger partial charge on any atom is 0.00955 e. The molecule has 3 atom stereocenters. The Bertz CT molecular complexity index is 247. The van der Waals surface area contributed by atoms with Crippen LogP contribution in [-0.4, -0.2) is 30.1 Å². The SMILES string of the molecule is CC(N)C1CCN(C2CCCC(C)(C)CC2)C1. The quantitative estimate of drug-likeness (QED) is 0.749. The lowest BCUT2D eigenvalue weighted by atomic mass is 9.85. The summed E-state index contributed by atoms with van der Waals surface area (Å²) in [4.78, 5) is 2.73. The van der Waals surface area contributed by atoms with Gasteiger partial charge >= 0.3 is 0 Å². The van der Waals surface area contributed by atoms with Crippen molar-refractivity contribution in [3.8, 4) is 0 Å². The molecule has 0 aromatic carbocycles. The zero-order valence-corrected chi connectivity index (χ0v) is 11.9. The van der Waals surface area contributed by atoms with E-state index in [0.29, 0.717) is 11.5 Å². The van der Waals surface area contributed by atoms with Crippen LogP contribution in [0.1, 0.15) is 59.3 Å². The molecule has 2 rings (SSSR count). The summed E-state index contributed by atoms with van der Waals surface area (Å²) < 4.78 is 0. The first kappa shape index (κ1) is 13.4. The number of hydrogen-bond donors (Lipinski definition) is 1. The van der Waals surface area contributed by atoms with Crippen molar-refractivity contribution in [2.45, 2.75) is 71.4 Å². The van der Waals surface area contributed by atoms with Crippen molar-refractivity contribution in [3.63, 3.8) is 0 Å². The second kappa shape index (κ2) is 5.27. The molecule has 2 N–H and O–H groups in total. The number of nitrogens with two attached hydrogens (primary N) is 1. The summed E-state index contributed by atoms with van der Waals surface area (Å²) in [5, 5.41) is 0. The Hall–Kier alpha value is -0.0800. The van der Waals surface area contributed by atoms with Crippen LogP contribution in [-0.2, 0) is 0 Å². The zero-order chi connectivity index (χ0) is 12.5. The lowest BCUT2D eigenvalue weighted by Gasteiger charge is -2.28. The minimum Gasteiger partial charge on any atom is -0.328 e. The van der Waals surface area contributed by atoms with E-state index in [1.807, 2.05) is 0 Å². The molecule has 2 fully saturated rings. The largest absolute Gasteiger partial charge is 0.328 e. The fraction of sp³-hybridized carbons (Fsp3) is 1.00. The summed E-state index contributed by atoms with van der Waals surface area (Å²) in [5.41, 5.74) is 6.62. The van der Waals surface area contributed by atoms with Crippen LogP contribution < -0.4 is 5.73 Å². The first-order chi connectivity index (χ1) is 7.98. The van der Waals surface area contributed by atoms with Crippen molar-refractivity contribution in [1.29, 1.82) is 0 Å². The van der Waals surface area contributed by atoms with E-state index in [-0.39, 0.29) is 0 Å². The van der Waals surface area contributed by atoms with Gasteiger partial charge in [-0.25, -0.2) is 0 Å². The predicted molar refractivity (Wildman–Crippen MR) is 74.0 cm³/mol. The van der Waals surface area contributed by atoms with Crippen LogP contribution in [0.15, 0.2) is 0 Å². The van der Waals surface area contributed by atoms with E-state index >= 15 is 0 Å². The van der Waals surface area contributed by atoms with Crippen molar-refractivity contribution in [2.75, 3.05) is 13.1 Å². The minimum absolute atomic E-state index is 0.377. The Balaban J connectivity index is 1.87. The maximum absolute atomic E-state index is 6.04. The van der Waals surface area contributed by atoms with Crippen molar-refractivity contribution < 1.29 is 0 Å². The van der Waals surface area contributed by atoms with Gasteiger partial charge in [0, 0.05) is 18.6 Å². The average molecular weight is 238 g/mol. The number of hydrogen-bond acceptors (Lipinski definition) is 2. The highest BCUT2D eigenvalue weighted by atomic mass is 15.2. The van der Waals surface area contributed by atoms with Crippen LogP contribution >= 0.6 is 0 Å². The van der Waals surface area contributed by atoms with Gasteiger partial charge in [-0.2, -0.15) is 0 Å². The third kappa shape index (κ3) is 3.45. The standard InChI is InChI=1S/C15H30N2/c1-12(16)13-7-10-17(11-13)14-5-4-8-15(2,3)9-6-14/h12-14H,4-11,16H2,1-3H3. The van der Waals surface area contributed by atoms with E-state index in [4.69, 9.17) is 5.73 Å². The molecule has 1 saturated heterocycles. The Morgan fingerprint density at radius 1 is 1.18 bits per heavy atom. The number of rotatable bonds is 2. The van der Waals surface area contributed by atoms with Crippen LogP contribution in [0.3, 0.4) is 0 Å². The summed E-state index contributed by atoms with van der Waals surface area (Å²) in [5.74, 6) is 0.742. The van der Waals surface area contributed by atoms with Gasteiger partial charge in [-0.3, -0.25) is 0 Å². The Morgan fingerprint density at radius 2 is 1.94 bits per heavy atom. The van der Waals surface area contributed by atoms with Crippen molar-refractivity contribution in [1.82, 2.24) is 4.90 Å². The van der Waals surface area contributed by atoms with Crippen LogP contribution in [0.5, 0.6) is 0 Å². The van der Waals surface area contributed by atoms with Crippen LogP contribution in [0.2, 0.25) is 0 Å². The van der Waals surface area contributed by atoms with E-state index in [1.165, 1.54) is 51.6 Å². The molecule has 1 heterocycles. The summed E-state index contributed by atoms with van der Waals surface area (Å²) in [6.07, 6.45) is 8.35. The number of likely N-dealkylation sites (tertiary alicyclic amines) is 1. The fourth-order valence-corrected chi connectivity index (χ4v) is 3.58. The molecule has 17 heavy (non-hydrogen) atoms. The van der Waals surface area contributed by atoms with Gasteiger partial charge in [0.1, 0.15) is 0 Å². The summed E-state index contributed by atoms with van der Waals surface area (Å²) in [6.45, 7) is 9.58. The van der Waals surface area contributed by atoms with E-state index in [1.54, 1.807) is 0 Å². The molecule has 0 amide bonds. The molecule has 2 nitrogen and oxygen atoms in total. The molecule has 0 aromatic rings. The first-order valence-electron chi connectivity index (χ1n) is 7.47. The molecule has 3 unspecified atom stereocenters. The molecule has 1 aliphatic carbocycles. The van der Waals surface area contributed by atoms with Crippen LogP contribution in [0.25, 0.3) is 0 Å². The Morgan fingerprint density at radius 3 is 2.59 bits per heavy atom. The first-order valence-corrected chi connectivity index (χ1v) is 7.47. The van der Waals surface area contributed by atoms with E-state index < -0.39 is 0 Å². The van der Waals surface area contributed by atoms with E-state index in [0.717, 1.165) is 12.0 Å². The summed E-state index contributed by atoms with van der Waals surface area (Å²) in [7, 11) is 0. The molecular weight excluding hydrogens is 208 g/mol. The monoisotopic (exact) mass is 238 g/mol. The molecule has 1 aliphatic heterocycles. The van der Waals surface area contributed by atoms with Crippen molar-refractivity contribution in [3.05, 3.63) is 0 Å². The Labute approximate surface area is 107 Å². The highest BCUT2D eigenvalue weighted by Gasteiger charge is 2.32. The predicted octanol–water partition coefficient (Wildman–Crippen LogP) is 3.01. The normalized spacial score (nSPS) is 36.7. The molecule has 0 spiro atoms. The highest BCUT2D eigenvalue weighted by molar-refractivity contribution is 4.87. The molecule has 0 aromatic heterocycles. The highest BCUT2D eigenvalue weighted by Crippen LogP contribution is 2.36. The smallest absolute Gasteiger partial charge is 0.00955 e. The average Bonchev–Trinajstić information content (AvgIpc) is 2.65. The molecule has 100 valence electrons. The second-order valence-electron chi connectivity index (χ2n) is 7.15. The van der Waals surface area contributed by atoms with Gasteiger partial charge < -0.3 is 10.6 Å². The van der Waals surface area contributed by atoms with E-state index in [9.17, 15) is 0 Å². The third-order valence-corrected chi connectivity index (χ3v) is 5.06. The summed E-state index contributed by atoms with van der Waals surface area (Å²) in [6, 6.07) is 1.22. The molecular formula is C15H30N2.